The lowest BCUT2D eigenvalue weighted by atomic mass is 10.0. The van der Waals surface area contributed by atoms with E-state index in [-0.39, 0.29) is 18.9 Å². The highest BCUT2D eigenvalue weighted by atomic mass is 35.5. The predicted molar refractivity (Wildman–Crippen MR) is 66.2 cm³/mol. The number of halogens is 3. The third-order valence-corrected chi connectivity index (χ3v) is 3.83. The molecule has 106 valence electrons. The maximum atomic E-state index is 13.2. The summed E-state index contributed by atoms with van der Waals surface area (Å²) in [6.07, 6.45) is -0.0820. The van der Waals surface area contributed by atoms with Crippen molar-refractivity contribution in [3.8, 4) is 0 Å². The molecule has 0 aromatic carbocycles. The van der Waals surface area contributed by atoms with Gasteiger partial charge >= 0.3 is 5.69 Å². The van der Waals surface area contributed by atoms with E-state index >= 15 is 0 Å². The van der Waals surface area contributed by atoms with Crippen LogP contribution in [0.25, 0.3) is 0 Å². The Morgan fingerprint density at radius 2 is 2.32 bits per heavy atom. The van der Waals surface area contributed by atoms with Crippen LogP contribution in [0.15, 0.2) is 15.8 Å². The van der Waals surface area contributed by atoms with Crippen molar-refractivity contribution in [2.75, 3.05) is 12.5 Å². The van der Waals surface area contributed by atoms with Crippen LogP contribution in [-0.4, -0.2) is 38.1 Å². The lowest BCUT2D eigenvalue weighted by Gasteiger charge is -2.24. The molecule has 3 atom stereocenters. The molecule has 19 heavy (non-hydrogen) atoms. The van der Waals surface area contributed by atoms with Gasteiger partial charge in [-0.2, -0.15) is 4.39 Å². The third-order valence-electron chi connectivity index (χ3n) is 2.98. The molecule has 1 saturated heterocycles. The number of aliphatic hydroxyl groups is 1. The Hall–Kier alpha value is -0.890. The summed E-state index contributed by atoms with van der Waals surface area (Å²) in [5.41, 5.74) is -3.04. The number of aliphatic hydroxyl groups excluding tert-OH is 1. The van der Waals surface area contributed by atoms with Crippen molar-refractivity contribution >= 4 is 23.2 Å². The highest BCUT2D eigenvalue weighted by Gasteiger charge is 2.46. The van der Waals surface area contributed by atoms with Crippen molar-refractivity contribution in [1.29, 1.82) is 0 Å². The molecule has 1 aromatic rings. The standard InChI is InChI=1S/C10H11Cl2FN2O4/c11-3-10(4-16)1-5(12)8(19-10)15-2-6(13)7(17)14-9(15)18/h2,5,8,16H,1,3-4H2,(H,14,17,18)/t5-,8+,10+/m0/s1. The van der Waals surface area contributed by atoms with Gasteiger partial charge in [0.2, 0.25) is 5.82 Å². The van der Waals surface area contributed by atoms with Crippen molar-refractivity contribution in [2.45, 2.75) is 23.6 Å². The van der Waals surface area contributed by atoms with E-state index in [1.165, 1.54) is 0 Å². The van der Waals surface area contributed by atoms with Gasteiger partial charge in [-0.3, -0.25) is 14.3 Å². The molecule has 6 nitrogen and oxygen atoms in total. The second-order valence-corrected chi connectivity index (χ2v) is 5.17. The Balaban J connectivity index is 2.41. The lowest BCUT2D eigenvalue weighted by molar-refractivity contribution is -0.0858. The van der Waals surface area contributed by atoms with Crippen molar-refractivity contribution in [2.24, 2.45) is 0 Å². The Labute approximate surface area is 116 Å². The van der Waals surface area contributed by atoms with Gasteiger partial charge in [-0.25, -0.2) is 4.79 Å². The van der Waals surface area contributed by atoms with Crippen LogP contribution in [0.2, 0.25) is 0 Å². The molecular formula is C10H11Cl2FN2O4. The van der Waals surface area contributed by atoms with Crippen molar-refractivity contribution in [3.63, 3.8) is 0 Å². The summed E-state index contributed by atoms with van der Waals surface area (Å²) in [5, 5.41) is 8.59. The zero-order valence-electron chi connectivity index (χ0n) is 9.61. The molecular weight excluding hydrogens is 302 g/mol. The van der Waals surface area contributed by atoms with Gasteiger partial charge in [-0.05, 0) is 0 Å². The third kappa shape index (κ3) is 2.55. The number of nitrogens with one attached hydrogen (secondary N) is 1. The van der Waals surface area contributed by atoms with Crippen LogP contribution in [0.1, 0.15) is 12.6 Å². The number of aromatic nitrogens is 2. The van der Waals surface area contributed by atoms with Crippen molar-refractivity contribution < 1.29 is 14.2 Å². The molecule has 2 rings (SSSR count). The molecule has 0 saturated carbocycles. The van der Waals surface area contributed by atoms with E-state index in [1.54, 1.807) is 0 Å². The van der Waals surface area contributed by atoms with Crippen LogP contribution < -0.4 is 11.2 Å². The van der Waals surface area contributed by atoms with Crippen LogP contribution in [0, 0.1) is 5.82 Å². The van der Waals surface area contributed by atoms with Gasteiger partial charge in [0.15, 0.2) is 6.23 Å². The molecule has 1 aliphatic rings. The average molecular weight is 313 g/mol. The normalized spacial score (nSPS) is 30.7. The fraction of sp³-hybridized carbons (Fsp3) is 0.600. The minimum atomic E-state index is -1.13. The minimum absolute atomic E-state index is 0.0240. The van der Waals surface area contributed by atoms with Gasteiger partial charge in [0.25, 0.3) is 5.56 Å². The quantitative estimate of drug-likeness (QED) is 0.779. The molecule has 1 aromatic heterocycles. The van der Waals surface area contributed by atoms with Gasteiger partial charge in [-0.1, -0.05) is 0 Å². The molecule has 2 N–H and O–H groups in total. The summed E-state index contributed by atoms with van der Waals surface area (Å²) in [5.74, 6) is -1.15. The van der Waals surface area contributed by atoms with Gasteiger partial charge in [0.1, 0.15) is 5.60 Å². The average Bonchev–Trinajstić information content (AvgIpc) is 2.72. The first-order valence-electron chi connectivity index (χ1n) is 5.42. The lowest BCUT2D eigenvalue weighted by Crippen LogP contribution is -2.38. The van der Waals surface area contributed by atoms with E-state index in [2.05, 4.69) is 0 Å². The SMILES string of the molecule is O=c1[nH]c(=O)n([C@@H]2O[C@@](CO)(CCl)C[C@@H]2Cl)cc1F. The zero-order chi connectivity index (χ0) is 14.2. The number of ether oxygens (including phenoxy) is 1. The molecule has 2 heterocycles. The Morgan fingerprint density at radius 1 is 1.63 bits per heavy atom. The first-order valence-corrected chi connectivity index (χ1v) is 6.39. The van der Waals surface area contributed by atoms with Crippen LogP contribution >= 0.6 is 23.2 Å². The van der Waals surface area contributed by atoms with Crippen LogP contribution in [-0.2, 0) is 4.74 Å². The van der Waals surface area contributed by atoms with Crippen molar-refractivity contribution in [1.82, 2.24) is 9.55 Å². The maximum Gasteiger partial charge on any atom is 0.330 e. The van der Waals surface area contributed by atoms with Crippen LogP contribution in [0.3, 0.4) is 0 Å². The number of hydrogen-bond donors (Lipinski definition) is 2. The number of nitrogens with zero attached hydrogens (tertiary/aromatic N) is 1. The summed E-state index contributed by atoms with van der Waals surface area (Å²) >= 11 is 11.8. The van der Waals surface area contributed by atoms with E-state index in [9.17, 15) is 19.1 Å². The van der Waals surface area contributed by atoms with Crippen molar-refractivity contribution in [3.05, 3.63) is 32.9 Å². The number of rotatable bonds is 3. The van der Waals surface area contributed by atoms with Gasteiger partial charge < -0.3 is 9.84 Å². The van der Waals surface area contributed by atoms with E-state index in [1.807, 2.05) is 4.98 Å². The number of alkyl halides is 2. The van der Waals surface area contributed by atoms with Crippen LogP contribution in [0.4, 0.5) is 4.39 Å². The summed E-state index contributed by atoms with van der Waals surface area (Å²) in [7, 11) is 0. The summed E-state index contributed by atoms with van der Waals surface area (Å²) < 4.78 is 19.5. The van der Waals surface area contributed by atoms with E-state index in [0.29, 0.717) is 0 Å². The molecule has 0 aliphatic carbocycles. The molecule has 1 aliphatic heterocycles. The fourth-order valence-corrected chi connectivity index (χ4v) is 2.66. The smallest absolute Gasteiger partial charge is 0.330 e. The molecule has 0 bridgehead atoms. The van der Waals surface area contributed by atoms with Crippen LogP contribution in [0.5, 0.6) is 0 Å². The van der Waals surface area contributed by atoms with Gasteiger partial charge in [0, 0.05) is 6.42 Å². The molecule has 0 radical (unpaired) electrons. The zero-order valence-corrected chi connectivity index (χ0v) is 11.1. The Morgan fingerprint density at radius 3 is 2.84 bits per heavy atom. The molecule has 0 spiro atoms. The van der Waals surface area contributed by atoms with Gasteiger partial charge in [0.05, 0.1) is 24.1 Å². The molecule has 0 unspecified atom stereocenters. The number of aromatic amines is 1. The molecule has 0 amide bonds. The highest BCUT2D eigenvalue weighted by molar-refractivity contribution is 6.21. The largest absolute Gasteiger partial charge is 0.393 e. The number of H-pyrrole nitrogens is 1. The molecule has 1 fully saturated rings. The summed E-state index contributed by atoms with van der Waals surface area (Å²) in [4.78, 5) is 24.4. The monoisotopic (exact) mass is 312 g/mol. The number of hydrogen-bond acceptors (Lipinski definition) is 4. The van der Waals surface area contributed by atoms with Gasteiger partial charge in [-0.15, -0.1) is 23.2 Å². The van der Waals surface area contributed by atoms with E-state index in [0.717, 1.165) is 10.8 Å². The predicted octanol–water partition coefficient (Wildman–Crippen LogP) is 0.172. The van der Waals surface area contributed by atoms with E-state index < -0.39 is 34.3 Å². The minimum Gasteiger partial charge on any atom is -0.393 e. The Bertz CT molecular complexity index is 584. The second kappa shape index (κ2) is 5.24. The Kier molecular flexibility index (Phi) is 4.00. The second-order valence-electron chi connectivity index (χ2n) is 4.35. The topological polar surface area (TPSA) is 84.3 Å². The molecule has 9 heteroatoms. The maximum absolute atomic E-state index is 13.2. The highest BCUT2D eigenvalue weighted by Crippen LogP contribution is 2.39. The van der Waals surface area contributed by atoms with E-state index in [4.69, 9.17) is 27.9 Å². The summed E-state index contributed by atoms with van der Waals surface area (Å²) in [6, 6.07) is 0. The fourth-order valence-electron chi connectivity index (χ4n) is 1.95. The first-order chi connectivity index (χ1) is 8.92. The summed E-state index contributed by atoms with van der Waals surface area (Å²) in [6.45, 7) is -0.378. The first kappa shape index (κ1) is 14.5.